The van der Waals surface area contributed by atoms with E-state index >= 15 is 0 Å². The van der Waals surface area contributed by atoms with Crippen LogP contribution in [0.2, 0.25) is 0 Å². The molecule has 1 aromatic carbocycles. The van der Waals surface area contributed by atoms with Crippen molar-refractivity contribution in [3.63, 3.8) is 0 Å². The Balaban J connectivity index is 2.57. The number of amides is 2. The van der Waals surface area contributed by atoms with Crippen LogP contribution in [0.3, 0.4) is 0 Å². The Kier molecular flexibility index (Phi) is 6.02. The molecule has 0 aliphatic rings. The molecule has 0 saturated heterocycles. The van der Waals surface area contributed by atoms with Gasteiger partial charge in [0.05, 0.1) is 6.10 Å². The van der Waals surface area contributed by atoms with Gasteiger partial charge in [-0.05, 0) is 50.8 Å². The molecule has 1 aromatic rings. The molecule has 2 amide bonds. The Hall–Kier alpha value is -1.55. The van der Waals surface area contributed by atoms with E-state index in [9.17, 15) is 9.90 Å². The molecule has 1 unspecified atom stereocenters. The average molecular weight is 278 g/mol. The van der Waals surface area contributed by atoms with Gasteiger partial charge in [0, 0.05) is 20.1 Å². The molecule has 0 aromatic heterocycles. The molecule has 0 bridgehead atoms. The van der Waals surface area contributed by atoms with Gasteiger partial charge in [0.25, 0.3) is 0 Å². The maximum atomic E-state index is 12.0. The lowest BCUT2D eigenvalue weighted by molar-refractivity contribution is 0.163. The van der Waals surface area contributed by atoms with Crippen molar-refractivity contribution >= 4 is 6.03 Å². The molecule has 0 heterocycles. The van der Waals surface area contributed by atoms with E-state index in [2.05, 4.69) is 38.2 Å². The summed E-state index contributed by atoms with van der Waals surface area (Å²) in [6.07, 6.45) is 0.207. The summed E-state index contributed by atoms with van der Waals surface area (Å²) >= 11 is 0. The summed E-state index contributed by atoms with van der Waals surface area (Å²) in [7, 11) is 1.74. The third-order valence-corrected chi connectivity index (χ3v) is 3.49. The van der Waals surface area contributed by atoms with Crippen LogP contribution in [0.4, 0.5) is 4.79 Å². The summed E-state index contributed by atoms with van der Waals surface area (Å²) in [4.78, 5) is 13.6. The molecule has 4 nitrogen and oxygen atoms in total. The summed E-state index contributed by atoms with van der Waals surface area (Å²) in [5.41, 5.74) is 4.82. The molecule has 0 fully saturated rings. The van der Waals surface area contributed by atoms with Gasteiger partial charge in [-0.1, -0.05) is 17.7 Å². The number of rotatable bonds is 5. The van der Waals surface area contributed by atoms with Gasteiger partial charge in [-0.2, -0.15) is 0 Å². The second kappa shape index (κ2) is 7.29. The van der Waals surface area contributed by atoms with Gasteiger partial charge < -0.3 is 15.3 Å². The zero-order chi connectivity index (χ0) is 15.3. The first-order chi connectivity index (χ1) is 9.31. The number of hydrogen-bond acceptors (Lipinski definition) is 2. The second-order valence-corrected chi connectivity index (χ2v) is 5.60. The second-order valence-electron chi connectivity index (χ2n) is 5.60. The van der Waals surface area contributed by atoms with Crippen molar-refractivity contribution < 1.29 is 9.90 Å². The van der Waals surface area contributed by atoms with E-state index in [4.69, 9.17) is 0 Å². The highest BCUT2D eigenvalue weighted by Crippen LogP contribution is 2.16. The number of aliphatic hydroxyl groups is 1. The van der Waals surface area contributed by atoms with Crippen LogP contribution < -0.4 is 5.32 Å². The van der Waals surface area contributed by atoms with Crippen molar-refractivity contribution in [3.05, 3.63) is 34.4 Å². The van der Waals surface area contributed by atoms with E-state index in [1.807, 2.05) is 0 Å². The third-order valence-electron chi connectivity index (χ3n) is 3.49. The van der Waals surface area contributed by atoms with E-state index in [0.717, 1.165) is 0 Å². The molecule has 1 rings (SSSR count). The highest BCUT2D eigenvalue weighted by atomic mass is 16.3. The van der Waals surface area contributed by atoms with Crippen LogP contribution in [0.25, 0.3) is 0 Å². The Bertz CT molecular complexity index is 447. The lowest BCUT2D eigenvalue weighted by atomic mass is 10.00. The SMILES string of the molecule is Cc1cc(C)c(CNC(=O)N(C)CCC(C)O)c(C)c1. The average Bonchev–Trinajstić information content (AvgIpc) is 2.34. The van der Waals surface area contributed by atoms with Crippen molar-refractivity contribution in [2.45, 2.75) is 46.8 Å². The molecule has 2 N–H and O–H groups in total. The van der Waals surface area contributed by atoms with E-state index in [1.54, 1.807) is 18.9 Å². The molecule has 0 aliphatic heterocycles. The predicted octanol–water partition coefficient (Wildman–Crippen LogP) is 2.52. The number of aliphatic hydroxyl groups excluding tert-OH is 1. The van der Waals surface area contributed by atoms with Gasteiger partial charge in [-0.3, -0.25) is 0 Å². The minimum Gasteiger partial charge on any atom is -0.393 e. The summed E-state index contributed by atoms with van der Waals surface area (Å²) in [5, 5.41) is 12.2. The van der Waals surface area contributed by atoms with Crippen LogP contribution in [0.15, 0.2) is 12.1 Å². The molecular weight excluding hydrogens is 252 g/mol. The van der Waals surface area contributed by atoms with Crippen LogP contribution in [-0.2, 0) is 6.54 Å². The number of benzene rings is 1. The number of hydrogen-bond donors (Lipinski definition) is 2. The number of carbonyl (C=O) groups is 1. The number of nitrogens with one attached hydrogen (secondary N) is 1. The molecule has 0 saturated carbocycles. The topological polar surface area (TPSA) is 52.6 Å². The van der Waals surface area contributed by atoms with Crippen LogP contribution in [0, 0.1) is 20.8 Å². The predicted molar refractivity (Wildman–Crippen MR) is 81.8 cm³/mol. The highest BCUT2D eigenvalue weighted by molar-refractivity contribution is 5.73. The number of urea groups is 1. The highest BCUT2D eigenvalue weighted by Gasteiger charge is 2.10. The maximum absolute atomic E-state index is 12.0. The zero-order valence-electron chi connectivity index (χ0n) is 13.2. The first kappa shape index (κ1) is 16.5. The van der Waals surface area contributed by atoms with Gasteiger partial charge in [0.1, 0.15) is 0 Å². The van der Waals surface area contributed by atoms with Crippen molar-refractivity contribution in [3.8, 4) is 0 Å². The van der Waals surface area contributed by atoms with E-state index in [-0.39, 0.29) is 12.1 Å². The van der Waals surface area contributed by atoms with E-state index in [1.165, 1.54) is 22.3 Å². The summed E-state index contributed by atoms with van der Waals surface area (Å²) in [6.45, 7) is 9.03. The standard InChI is InChI=1S/C16H26N2O2/c1-11-8-12(2)15(13(3)9-11)10-17-16(20)18(5)7-6-14(4)19/h8-9,14,19H,6-7,10H2,1-5H3,(H,17,20). The van der Waals surface area contributed by atoms with Crippen LogP contribution in [-0.4, -0.2) is 35.7 Å². The fourth-order valence-corrected chi connectivity index (χ4v) is 2.27. The quantitative estimate of drug-likeness (QED) is 0.869. The van der Waals surface area contributed by atoms with Crippen LogP contribution >= 0.6 is 0 Å². The van der Waals surface area contributed by atoms with Crippen molar-refractivity contribution in [1.29, 1.82) is 0 Å². The van der Waals surface area contributed by atoms with Crippen molar-refractivity contribution in [2.75, 3.05) is 13.6 Å². The number of aryl methyl sites for hydroxylation is 3. The molecule has 20 heavy (non-hydrogen) atoms. The fourth-order valence-electron chi connectivity index (χ4n) is 2.27. The van der Waals surface area contributed by atoms with E-state index in [0.29, 0.717) is 19.5 Å². The molecule has 0 aliphatic carbocycles. The largest absolute Gasteiger partial charge is 0.393 e. The minimum absolute atomic E-state index is 0.106. The zero-order valence-corrected chi connectivity index (χ0v) is 13.2. The lowest BCUT2D eigenvalue weighted by Crippen LogP contribution is -2.38. The van der Waals surface area contributed by atoms with Crippen LogP contribution in [0.1, 0.15) is 35.6 Å². The summed E-state index contributed by atoms with van der Waals surface area (Å²) in [5.74, 6) is 0. The first-order valence-corrected chi connectivity index (χ1v) is 7.05. The van der Waals surface area contributed by atoms with Crippen molar-refractivity contribution in [2.24, 2.45) is 0 Å². The van der Waals surface area contributed by atoms with Gasteiger partial charge in [0.2, 0.25) is 0 Å². The third kappa shape index (κ3) is 4.85. The molecular formula is C16H26N2O2. The normalized spacial score (nSPS) is 12.1. The molecule has 0 spiro atoms. The van der Waals surface area contributed by atoms with Crippen molar-refractivity contribution in [1.82, 2.24) is 10.2 Å². The number of carbonyl (C=O) groups excluding carboxylic acids is 1. The van der Waals surface area contributed by atoms with Gasteiger partial charge in [-0.25, -0.2) is 4.79 Å². The Morgan fingerprint density at radius 2 is 1.85 bits per heavy atom. The van der Waals surface area contributed by atoms with Gasteiger partial charge in [-0.15, -0.1) is 0 Å². The Labute approximate surface area is 121 Å². The summed E-state index contributed by atoms with van der Waals surface area (Å²) < 4.78 is 0. The molecule has 4 heteroatoms. The first-order valence-electron chi connectivity index (χ1n) is 7.05. The van der Waals surface area contributed by atoms with E-state index < -0.39 is 0 Å². The maximum Gasteiger partial charge on any atom is 0.317 e. The molecule has 0 radical (unpaired) electrons. The van der Waals surface area contributed by atoms with Gasteiger partial charge in [0.15, 0.2) is 0 Å². The molecule has 112 valence electrons. The lowest BCUT2D eigenvalue weighted by Gasteiger charge is -2.20. The fraction of sp³-hybridized carbons (Fsp3) is 0.562. The smallest absolute Gasteiger partial charge is 0.317 e. The number of nitrogens with zero attached hydrogens (tertiary/aromatic N) is 1. The minimum atomic E-state index is -0.383. The Morgan fingerprint density at radius 1 is 1.30 bits per heavy atom. The molecule has 1 atom stereocenters. The van der Waals surface area contributed by atoms with Crippen LogP contribution in [0.5, 0.6) is 0 Å². The monoisotopic (exact) mass is 278 g/mol. The van der Waals surface area contributed by atoms with Gasteiger partial charge >= 0.3 is 6.03 Å². The Morgan fingerprint density at radius 3 is 2.35 bits per heavy atom. The summed E-state index contributed by atoms with van der Waals surface area (Å²) in [6, 6.07) is 4.15.